The SMILES string of the molecule is COC(=O)C(c1cc(F)cnc1C1CC1)N1CC[C@@H](C(F)CCCCc2cc(OC)c3c(n2)NCCC3)C1. The van der Waals surface area contributed by atoms with Crippen molar-refractivity contribution in [2.75, 3.05) is 39.2 Å². The number of carbonyl (C=O) groups excluding carboxylic acids is 1. The first-order chi connectivity index (χ1) is 18.5. The van der Waals surface area contributed by atoms with Crippen LogP contribution in [-0.2, 0) is 22.4 Å². The second-order valence-electron chi connectivity index (χ2n) is 10.8. The van der Waals surface area contributed by atoms with Crippen molar-refractivity contribution in [3.05, 3.63) is 46.7 Å². The van der Waals surface area contributed by atoms with Gasteiger partial charge in [-0.25, -0.2) is 18.6 Å². The van der Waals surface area contributed by atoms with Crippen molar-refractivity contribution in [2.45, 2.75) is 75.9 Å². The predicted molar refractivity (Wildman–Crippen MR) is 141 cm³/mol. The van der Waals surface area contributed by atoms with Gasteiger partial charge in [0, 0.05) is 53.5 Å². The number of nitrogens with one attached hydrogen (secondary N) is 1. The molecule has 3 aliphatic rings. The van der Waals surface area contributed by atoms with Crippen LogP contribution in [0.5, 0.6) is 5.75 Å². The number of carbonyl (C=O) groups is 1. The van der Waals surface area contributed by atoms with Crippen LogP contribution in [0.15, 0.2) is 18.3 Å². The second-order valence-corrected chi connectivity index (χ2v) is 10.8. The summed E-state index contributed by atoms with van der Waals surface area (Å²) in [6, 6.07) is 2.66. The van der Waals surface area contributed by atoms with Crippen molar-refractivity contribution in [1.29, 1.82) is 0 Å². The Kier molecular flexibility index (Phi) is 8.41. The minimum Gasteiger partial charge on any atom is -0.496 e. The molecule has 0 bridgehead atoms. The summed E-state index contributed by atoms with van der Waals surface area (Å²) in [4.78, 5) is 23.9. The fraction of sp³-hybridized carbons (Fsp3) is 0.621. The number of methoxy groups -OCH3 is 2. The van der Waals surface area contributed by atoms with Crippen molar-refractivity contribution >= 4 is 11.8 Å². The van der Waals surface area contributed by atoms with E-state index in [0.29, 0.717) is 31.5 Å². The van der Waals surface area contributed by atoms with Crippen LogP contribution in [0.4, 0.5) is 14.6 Å². The van der Waals surface area contributed by atoms with Gasteiger partial charge in [0.25, 0.3) is 0 Å². The molecule has 0 spiro atoms. The third-order valence-electron chi connectivity index (χ3n) is 8.15. The summed E-state index contributed by atoms with van der Waals surface area (Å²) in [7, 11) is 3.03. The Morgan fingerprint density at radius 1 is 1.24 bits per heavy atom. The number of halogens is 2. The molecule has 0 amide bonds. The fourth-order valence-corrected chi connectivity index (χ4v) is 5.96. The van der Waals surface area contributed by atoms with Crippen molar-refractivity contribution in [3.63, 3.8) is 0 Å². The lowest BCUT2D eigenvalue weighted by molar-refractivity contribution is -0.147. The van der Waals surface area contributed by atoms with Crippen LogP contribution in [0, 0.1) is 11.7 Å². The van der Waals surface area contributed by atoms with Crippen LogP contribution >= 0.6 is 0 Å². The lowest BCUT2D eigenvalue weighted by Gasteiger charge is -2.28. The third kappa shape index (κ3) is 5.92. The number of fused-ring (bicyclic) bond motifs is 1. The van der Waals surface area contributed by atoms with Gasteiger partial charge in [-0.3, -0.25) is 9.88 Å². The van der Waals surface area contributed by atoms with Gasteiger partial charge in [0.05, 0.1) is 20.4 Å². The molecule has 0 aromatic carbocycles. The normalized spacial score (nSPS) is 20.9. The van der Waals surface area contributed by atoms with Gasteiger partial charge < -0.3 is 14.8 Å². The van der Waals surface area contributed by atoms with Gasteiger partial charge in [-0.1, -0.05) is 6.42 Å². The molecule has 2 aromatic rings. The smallest absolute Gasteiger partial charge is 0.327 e. The van der Waals surface area contributed by atoms with E-state index in [0.717, 1.165) is 80.0 Å². The number of aryl methyl sites for hydroxylation is 1. The monoisotopic (exact) mass is 528 g/mol. The summed E-state index contributed by atoms with van der Waals surface area (Å²) >= 11 is 0. The molecular weight excluding hydrogens is 490 g/mol. The Morgan fingerprint density at radius 2 is 2.08 bits per heavy atom. The van der Waals surface area contributed by atoms with Crippen LogP contribution in [0.3, 0.4) is 0 Å². The Morgan fingerprint density at radius 3 is 2.84 bits per heavy atom. The Hall–Kier alpha value is -2.81. The van der Waals surface area contributed by atoms with E-state index in [9.17, 15) is 9.18 Å². The van der Waals surface area contributed by atoms with E-state index in [1.807, 2.05) is 11.0 Å². The zero-order valence-corrected chi connectivity index (χ0v) is 22.3. The lowest BCUT2D eigenvalue weighted by Crippen LogP contribution is -2.35. The molecule has 1 N–H and O–H groups in total. The molecule has 9 heteroatoms. The molecule has 2 aliphatic heterocycles. The number of rotatable bonds is 11. The molecule has 38 heavy (non-hydrogen) atoms. The van der Waals surface area contributed by atoms with E-state index in [1.54, 1.807) is 7.11 Å². The zero-order valence-electron chi connectivity index (χ0n) is 22.3. The van der Waals surface area contributed by atoms with E-state index < -0.39 is 24.0 Å². The van der Waals surface area contributed by atoms with Gasteiger partial charge in [0.1, 0.15) is 29.6 Å². The maximum absolute atomic E-state index is 15.3. The molecule has 5 rings (SSSR count). The number of alkyl halides is 1. The highest BCUT2D eigenvalue weighted by molar-refractivity contribution is 5.78. The minimum absolute atomic E-state index is 0.167. The van der Waals surface area contributed by atoms with Gasteiger partial charge in [-0.05, 0) is 64.0 Å². The largest absolute Gasteiger partial charge is 0.496 e. The van der Waals surface area contributed by atoms with Crippen LogP contribution in [-0.4, -0.2) is 60.9 Å². The first-order valence-corrected chi connectivity index (χ1v) is 13.9. The van der Waals surface area contributed by atoms with E-state index in [4.69, 9.17) is 14.5 Å². The molecule has 1 saturated carbocycles. The van der Waals surface area contributed by atoms with Crippen LogP contribution in [0.25, 0.3) is 0 Å². The van der Waals surface area contributed by atoms with Crippen molar-refractivity contribution in [2.24, 2.45) is 5.92 Å². The Labute approximate surface area is 223 Å². The number of unbranched alkanes of at least 4 members (excludes halogenated alkanes) is 1. The van der Waals surface area contributed by atoms with Crippen LogP contribution in [0.2, 0.25) is 0 Å². The molecule has 2 aromatic heterocycles. The maximum atomic E-state index is 15.3. The van der Waals surface area contributed by atoms with E-state index in [1.165, 1.54) is 19.4 Å². The number of nitrogens with zero attached hydrogens (tertiary/aromatic N) is 3. The molecule has 206 valence electrons. The van der Waals surface area contributed by atoms with Gasteiger partial charge in [-0.15, -0.1) is 0 Å². The summed E-state index contributed by atoms with van der Waals surface area (Å²) in [5.41, 5.74) is 3.44. The summed E-state index contributed by atoms with van der Waals surface area (Å²) in [5.74, 6) is 0.963. The van der Waals surface area contributed by atoms with Crippen molar-refractivity contribution in [1.82, 2.24) is 14.9 Å². The standard InChI is InChI=1S/C29H38F2N4O3/c1-37-25-15-21(34-28-22(25)7-5-12-32-28)6-3-4-8-24(31)19-11-13-35(17-19)27(29(36)38-2)23-14-20(30)16-33-26(23)18-9-10-18/h14-16,18-19,24,27H,3-13,17H2,1-2H3,(H,32,34)/t19-,24?,27?/m1/s1. The summed E-state index contributed by atoms with van der Waals surface area (Å²) in [5, 5.41) is 3.36. The third-order valence-corrected chi connectivity index (χ3v) is 8.15. The predicted octanol–water partition coefficient (Wildman–Crippen LogP) is 5.15. The Bertz CT molecular complexity index is 1130. The molecule has 7 nitrogen and oxygen atoms in total. The number of anilines is 1. The summed E-state index contributed by atoms with van der Waals surface area (Å²) in [6.07, 6.45) is 7.76. The van der Waals surface area contributed by atoms with Crippen molar-refractivity contribution < 1.29 is 23.0 Å². The Balaban J connectivity index is 1.16. The van der Waals surface area contributed by atoms with Gasteiger partial charge >= 0.3 is 5.97 Å². The molecular formula is C29H38F2N4O3. The summed E-state index contributed by atoms with van der Waals surface area (Å²) < 4.78 is 40.2. The molecule has 0 radical (unpaired) electrons. The first-order valence-electron chi connectivity index (χ1n) is 13.9. The number of likely N-dealkylation sites (tertiary alicyclic amines) is 1. The lowest BCUT2D eigenvalue weighted by atomic mass is 9.97. The minimum atomic E-state index is -0.959. The van der Waals surface area contributed by atoms with Crippen molar-refractivity contribution in [3.8, 4) is 5.75 Å². The molecule has 3 atom stereocenters. The first kappa shape index (κ1) is 26.8. The number of pyridine rings is 2. The van der Waals surface area contributed by atoms with E-state index >= 15 is 4.39 Å². The maximum Gasteiger partial charge on any atom is 0.327 e. The average molecular weight is 529 g/mol. The zero-order chi connectivity index (χ0) is 26.6. The number of esters is 1. The van der Waals surface area contributed by atoms with E-state index in [2.05, 4.69) is 10.3 Å². The van der Waals surface area contributed by atoms with Gasteiger partial charge in [0.15, 0.2) is 0 Å². The second kappa shape index (κ2) is 11.9. The number of hydrogen-bond donors (Lipinski definition) is 1. The molecule has 4 heterocycles. The number of aromatic nitrogens is 2. The number of ether oxygens (including phenoxy) is 2. The topological polar surface area (TPSA) is 76.6 Å². The van der Waals surface area contributed by atoms with Gasteiger partial charge in [0.2, 0.25) is 0 Å². The van der Waals surface area contributed by atoms with Crippen LogP contribution in [0.1, 0.15) is 79.4 Å². The van der Waals surface area contributed by atoms with E-state index in [-0.39, 0.29) is 11.8 Å². The molecule has 2 unspecified atom stereocenters. The summed E-state index contributed by atoms with van der Waals surface area (Å²) in [6.45, 7) is 1.93. The molecule has 1 aliphatic carbocycles. The highest BCUT2D eigenvalue weighted by atomic mass is 19.1. The fourth-order valence-electron chi connectivity index (χ4n) is 5.96. The molecule has 2 fully saturated rings. The quantitative estimate of drug-likeness (QED) is 0.319. The highest BCUT2D eigenvalue weighted by Crippen LogP contribution is 2.44. The van der Waals surface area contributed by atoms with Crippen LogP contribution < -0.4 is 10.1 Å². The molecule has 1 saturated heterocycles. The number of hydrogen-bond acceptors (Lipinski definition) is 7. The van der Waals surface area contributed by atoms with Gasteiger partial charge in [-0.2, -0.15) is 0 Å². The highest BCUT2D eigenvalue weighted by Gasteiger charge is 2.40. The average Bonchev–Trinajstić information content (AvgIpc) is 3.67.